The third-order valence-corrected chi connectivity index (χ3v) is 5.36. The van der Waals surface area contributed by atoms with Crippen LogP contribution in [-0.2, 0) is 19.6 Å². The third kappa shape index (κ3) is 6.88. The van der Waals surface area contributed by atoms with Gasteiger partial charge in [-0.1, -0.05) is 13.3 Å². The molecular weight excluding hydrogens is 396 g/mol. The molecule has 0 radical (unpaired) electrons. The van der Waals surface area contributed by atoms with Gasteiger partial charge in [0.2, 0.25) is 10.0 Å². The van der Waals surface area contributed by atoms with Crippen molar-refractivity contribution in [3.63, 3.8) is 0 Å². The van der Waals surface area contributed by atoms with Crippen LogP contribution >= 0.6 is 0 Å². The molecule has 0 saturated heterocycles. The Morgan fingerprint density at radius 3 is 2.24 bits per heavy atom. The fourth-order valence-electron chi connectivity index (χ4n) is 2.27. The topological polar surface area (TPSA) is 111 Å². The molecular formula is C20H24N2O6S. The molecule has 0 saturated carbocycles. The molecule has 8 nitrogen and oxygen atoms in total. The monoisotopic (exact) mass is 420 g/mol. The summed E-state index contributed by atoms with van der Waals surface area (Å²) in [5, 5.41) is 2.70. The van der Waals surface area contributed by atoms with Gasteiger partial charge in [-0.3, -0.25) is 9.59 Å². The van der Waals surface area contributed by atoms with Gasteiger partial charge in [0.1, 0.15) is 12.3 Å². The van der Waals surface area contributed by atoms with Crippen molar-refractivity contribution < 1.29 is 27.5 Å². The van der Waals surface area contributed by atoms with Crippen molar-refractivity contribution in [1.29, 1.82) is 0 Å². The summed E-state index contributed by atoms with van der Waals surface area (Å²) in [6.07, 6.45) is 2.01. The van der Waals surface area contributed by atoms with E-state index in [1.165, 1.54) is 31.4 Å². The van der Waals surface area contributed by atoms with Gasteiger partial charge in [0.15, 0.2) is 0 Å². The van der Waals surface area contributed by atoms with Crippen LogP contribution in [0.4, 0.5) is 5.69 Å². The summed E-state index contributed by atoms with van der Waals surface area (Å²) in [6.45, 7) is 2.25. The first kappa shape index (κ1) is 22.4. The number of carbonyl (C=O) groups is 2. The Hall–Kier alpha value is -2.91. The average molecular weight is 420 g/mol. The van der Waals surface area contributed by atoms with E-state index in [0.29, 0.717) is 23.6 Å². The Morgan fingerprint density at radius 1 is 1.00 bits per heavy atom. The molecule has 2 N–H and O–H groups in total. The summed E-state index contributed by atoms with van der Waals surface area (Å²) in [5.74, 6) is -0.326. The normalized spacial score (nSPS) is 11.0. The van der Waals surface area contributed by atoms with Gasteiger partial charge < -0.3 is 14.8 Å². The number of carbonyl (C=O) groups excluding carboxylic acids is 2. The number of methoxy groups -OCH3 is 1. The SMILES string of the molecule is CCCCOc1ccc(C(=O)Nc2ccc(S(=O)(=O)NCC(=O)OC)cc2)cc1. The minimum Gasteiger partial charge on any atom is -0.494 e. The molecule has 2 rings (SSSR count). The van der Waals surface area contributed by atoms with E-state index in [4.69, 9.17) is 4.74 Å². The first-order chi connectivity index (χ1) is 13.9. The number of rotatable bonds is 10. The smallest absolute Gasteiger partial charge is 0.320 e. The molecule has 0 aromatic heterocycles. The van der Waals surface area contributed by atoms with Crippen molar-refractivity contribution in [3.8, 4) is 5.75 Å². The van der Waals surface area contributed by atoms with Gasteiger partial charge in [0.05, 0.1) is 18.6 Å². The quantitative estimate of drug-likeness (QED) is 0.451. The highest BCUT2D eigenvalue weighted by molar-refractivity contribution is 7.89. The summed E-state index contributed by atoms with van der Waals surface area (Å²) < 4.78 is 36.3. The lowest BCUT2D eigenvalue weighted by atomic mass is 10.2. The Kier molecular flexibility index (Phi) is 8.17. The number of hydrogen-bond donors (Lipinski definition) is 2. The Bertz CT molecular complexity index is 924. The Morgan fingerprint density at radius 2 is 1.66 bits per heavy atom. The molecule has 0 aliphatic heterocycles. The highest BCUT2D eigenvalue weighted by atomic mass is 32.2. The van der Waals surface area contributed by atoms with Gasteiger partial charge in [-0.05, 0) is 55.0 Å². The molecule has 0 unspecified atom stereocenters. The lowest BCUT2D eigenvalue weighted by Crippen LogP contribution is -2.30. The van der Waals surface area contributed by atoms with E-state index in [1.807, 2.05) is 0 Å². The average Bonchev–Trinajstić information content (AvgIpc) is 2.73. The van der Waals surface area contributed by atoms with Crippen LogP contribution in [0.1, 0.15) is 30.1 Å². The van der Waals surface area contributed by atoms with Gasteiger partial charge in [-0.2, -0.15) is 4.72 Å². The first-order valence-corrected chi connectivity index (χ1v) is 10.5. The second kappa shape index (κ2) is 10.6. The molecule has 0 spiro atoms. The van der Waals surface area contributed by atoms with E-state index in [2.05, 4.69) is 21.7 Å². The van der Waals surface area contributed by atoms with Crippen molar-refractivity contribution in [3.05, 3.63) is 54.1 Å². The van der Waals surface area contributed by atoms with Gasteiger partial charge in [0, 0.05) is 11.3 Å². The van der Waals surface area contributed by atoms with Crippen LogP contribution in [0.2, 0.25) is 0 Å². The largest absolute Gasteiger partial charge is 0.494 e. The van der Waals surface area contributed by atoms with Crippen molar-refractivity contribution in [2.75, 3.05) is 25.6 Å². The van der Waals surface area contributed by atoms with Crippen molar-refractivity contribution >= 4 is 27.6 Å². The second-order valence-corrected chi connectivity index (χ2v) is 7.87. The third-order valence-electron chi connectivity index (χ3n) is 3.94. The maximum Gasteiger partial charge on any atom is 0.320 e. The maximum absolute atomic E-state index is 12.3. The lowest BCUT2D eigenvalue weighted by Gasteiger charge is -2.09. The number of hydrogen-bond acceptors (Lipinski definition) is 6. The lowest BCUT2D eigenvalue weighted by molar-refractivity contribution is -0.139. The number of nitrogens with one attached hydrogen (secondary N) is 2. The predicted octanol–water partition coefficient (Wildman–Crippen LogP) is 2.57. The highest BCUT2D eigenvalue weighted by Gasteiger charge is 2.16. The summed E-state index contributed by atoms with van der Waals surface area (Å²) in [7, 11) is -2.69. The standard InChI is InChI=1S/C20H24N2O6S/c1-3-4-13-28-17-9-5-15(6-10-17)20(24)22-16-7-11-18(12-8-16)29(25,26)21-14-19(23)27-2/h5-12,21H,3-4,13-14H2,1-2H3,(H,22,24). The number of ether oxygens (including phenoxy) is 2. The van der Waals surface area contributed by atoms with E-state index in [9.17, 15) is 18.0 Å². The van der Waals surface area contributed by atoms with Crippen molar-refractivity contribution in [1.82, 2.24) is 4.72 Å². The van der Waals surface area contributed by atoms with Crippen LogP contribution in [-0.4, -0.2) is 40.6 Å². The molecule has 0 aliphatic rings. The number of sulfonamides is 1. The van der Waals surface area contributed by atoms with Gasteiger partial charge in [-0.15, -0.1) is 0 Å². The molecule has 0 atom stereocenters. The second-order valence-electron chi connectivity index (χ2n) is 6.11. The highest BCUT2D eigenvalue weighted by Crippen LogP contribution is 2.17. The number of anilines is 1. The van der Waals surface area contributed by atoms with Crippen LogP contribution in [0.3, 0.4) is 0 Å². The number of unbranched alkanes of at least 4 members (excludes halogenated alkanes) is 1. The molecule has 0 bridgehead atoms. The van der Waals surface area contributed by atoms with Gasteiger partial charge >= 0.3 is 5.97 Å². The number of amides is 1. The molecule has 0 aliphatic carbocycles. The van der Waals surface area contributed by atoms with E-state index in [1.54, 1.807) is 24.3 Å². The van der Waals surface area contributed by atoms with Crippen molar-refractivity contribution in [2.45, 2.75) is 24.7 Å². The molecule has 29 heavy (non-hydrogen) atoms. The molecule has 2 aromatic carbocycles. The molecule has 0 fully saturated rings. The predicted molar refractivity (Wildman–Crippen MR) is 108 cm³/mol. The van der Waals surface area contributed by atoms with Gasteiger partial charge in [-0.25, -0.2) is 8.42 Å². The number of esters is 1. The zero-order chi connectivity index (χ0) is 21.3. The maximum atomic E-state index is 12.3. The van der Waals surface area contributed by atoms with Crippen LogP contribution in [0.5, 0.6) is 5.75 Å². The minimum atomic E-state index is -3.85. The summed E-state index contributed by atoms with van der Waals surface area (Å²) >= 11 is 0. The fourth-order valence-corrected chi connectivity index (χ4v) is 3.24. The molecule has 156 valence electrons. The van der Waals surface area contributed by atoms with Crippen molar-refractivity contribution in [2.24, 2.45) is 0 Å². The summed E-state index contributed by atoms with van der Waals surface area (Å²) in [5.41, 5.74) is 0.884. The molecule has 9 heteroatoms. The Balaban J connectivity index is 1.96. The Labute approximate surface area is 170 Å². The first-order valence-electron chi connectivity index (χ1n) is 9.06. The summed E-state index contributed by atoms with van der Waals surface area (Å²) in [6, 6.07) is 12.4. The van der Waals surface area contributed by atoms with Crippen LogP contribution in [0.25, 0.3) is 0 Å². The zero-order valence-electron chi connectivity index (χ0n) is 16.3. The summed E-state index contributed by atoms with van der Waals surface area (Å²) in [4.78, 5) is 23.4. The van der Waals surface area contributed by atoms with E-state index >= 15 is 0 Å². The number of benzene rings is 2. The van der Waals surface area contributed by atoms with E-state index in [-0.39, 0.29) is 10.8 Å². The minimum absolute atomic E-state index is 0.0343. The van der Waals surface area contributed by atoms with Crippen LogP contribution in [0, 0.1) is 0 Å². The van der Waals surface area contributed by atoms with Crippen LogP contribution in [0.15, 0.2) is 53.4 Å². The van der Waals surface area contributed by atoms with E-state index < -0.39 is 22.5 Å². The van der Waals surface area contributed by atoms with Crippen LogP contribution < -0.4 is 14.8 Å². The molecule has 2 aromatic rings. The fraction of sp³-hybridized carbons (Fsp3) is 0.300. The molecule has 1 amide bonds. The van der Waals surface area contributed by atoms with Gasteiger partial charge in [0.25, 0.3) is 5.91 Å². The van der Waals surface area contributed by atoms with E-state index in [0.717, 1.165) is 12.8 Å². The molecule has 0 heterocycles. The zero-order valence-corrected chi connectivity index (χ0v) is 17.1.